The topological polar surface area (TPSA) is 47.4 Å². The van der Waals surface area contributed by atoms with Crippen molar-refractivity contribution in [1.82, 2.24) is 14.5 Å². The number of hydrogen-bond donors (Lipinski definition) is 0. The third kappa shape index (κ3) is 4.15. The van der Waals surface area contributed by atoms with E-state index in [-0.39, 0.29) is 11.8 Å². The van der Waals surface area contributed by atoms with E-state index in [4.69, 9.17) is 21.3 Å². The molecule has 0 aliphatic carbocycles. The molecular weight excluding hydrogens is 386 g/mol. The lowest BCUT2D eigenvalue weighted by molar-refractivity contribution is -0.127. The number of imidazole rings is 1. The number of aryl methyl sites for hydroxylation is 1. The largest absolute Gasteiger partial charge is 0.492 e. The predicted molar refractivity (Wildman–Crippen MR) is 115 cm³/mol. The lowest BCUT2D eigenvalue weighted by Gasteiger charge is -2.16. The van der Waals surface area contributed by atoms with Crippen molar-refractivity contribution in [2.24, 2.45) is 0 Å². The van der Waals surface area contributed by atoms with Crippen LogP contribution in [0.4, 0.5) is 0 Å². The minimum atomic E-state index is 0.0966. The SMILES string of the molecule is C=CCN1C[C@H](c2nc3ccccc3n2CCCOc2ccccc2Cl)CC1=O. The standard InChI is InChI=1S/C23H24ClN3O2/c1-2-12-26-16-17(15-22(26)28)23-25-19-9-4-5-10-20(19)27(23)13-7-14-29-21-11-6-3-8-18(21)24/h2-6,8-11,17H,1,7,12-16H2/t17-/m1/s1. The van der Waals surface area contributed by atoms with Crippen molar-refractivity contribution >= 4 is 28.5 Å². The number of hydrogen-bond acceptors (Lipinski definition) is 3. The summed E-state index contributed by atoms with van der Waals surface area (Å²) in [6, 6.07) is 15.6. The average molecular weight is 410 g/mol. The molecule has 5 nitrogen and oxygen atoms in total. The van der Waals surface area contributed by atoms with Crippen molar-refractivity contribution in [2.75, 3.05) is 19.7 Å². The van der Waals surface area contributed by atoms with Crippen molar-refractivity contribution < 1.29 is 9.53 Å². The molecule has 29 heavy (non-hydrogen) atoms. The van der Waals surface area contributed by atoms with E-state index >= 15 is 0 Å². The molecule has 2 aromatic carbocycles. The Hall–Kier alpha value is -2.79. The molecule has 150 valence electrons. The van der Waals surface area contributed by atoms with Crippen LogP contribution in [0.2, 0.25) is 5.02 Å². The summed E-state index contributed by atoms with van der Waals surface area (Å²) in [5.41, 5.74) is 2.05. The zero-order valence-corrected chi connectivity index (χ0v) is 17.0. The van der Waals surface area contributed by atoms with E-state index in [0.717, 1.165) is 29.8 Å². The maximum absolute atomic E-state index is 12.3. The maximum Gasteiger partial charge on any atom is 0.223 e. The highest BCUT2D eigenvalue weighted by molar-refractivity contribution is 6.32. The molecule has 0 radical (unpaired) electrons. The second-order valence-corrected chi connectivity index (χ2v) is 7.64. The molecule has 4 rings (SSSR count). The van der Waals surface area contributed by atoms with Gasteiger partial charge in [-0.25, -0.2) is 4.98 Å². The van der Waals surface area contributed by atoms with Gasteiger partial charge in [-0.3, -0.25) is 4.79 Å². The van der Waals surface area contributed by atoms with E-state index in [1.165, 1.54) is 0 Å². The second-order valence-electron chi connectivity index (χ2n) is 7.23. The number of nitrogens with zero attached hydrogens (tertiary/aromatic N) is 3. The van der Waals surface area contributed by atoms with Gasteiger partial charge in [-0.05, 0) is 30.7 Å². The van der Waals surface area contributed by atoms with Crippen LogP contribution in [0.5, 0.6) is 5.75 Å². The van der Waals surface area contributed by atoms with Crippen molar-refractivity contribution in [2.45, 2.75) is 25.3 Å². The summed E-state index contributed by atoms with van der Waals surface area (Å²) in [4.78, 5) is 19.1. The van der Waals surface area contributed by atoms with Gasteiger partial charge in [-0.15, -0.1) is 6.58 Å². The molecule has 0 unspecified atom stereocenters. The van der Waals surface area contributed by atoms with Crippen LogP contribution in [0.15, 0.2) is 61.2 Å². The highest BCUT2D eigenvalue weighted by Gasteiger charge is 2.33. The number of carbonyl (C=O) groups excluding carboxylic acids is 1. The van der Waals surface area contributed by atoms with E-state index in [2.05, 4.69) is 17.2 Å². The van der Waals surface area contributed by atoms with Crippen molar-refractivity contribution in [3.63, 3.8) is 0 Å². The number of ether oxygens (including phenoxy) is 1. The van der Waals surface area contributed by atoms with Gasteiger partial charge in [-0.1, -0.05) is 41.9 Å². The predicted octanol–water partition coefficient (Wildman–Crippen LogP) is 4.66. The minimum Gasteiger partial charge on any atom is -0.492 e. The van der Waals surface area contributed by atoms with Crippen LogP contribution >= 0.6 is 11.6 Å². The molecule has 0 spiro atoms. The fraction of sp³-hybridized carbons (Fsp3) is 0.304. The van der Waals surface area contributed by atoms with Crippen LogP contribution in [0.25, 0.3) is 11.0 Å². The molecule has 0 saturated carbocycles. The Balaban J connectivity index is 1.50. The van der Waals surface area contributed by atoms with E-state index in [1.54, 1.807) is 6.08 Å². The van der Waals surface area contributed by atoms with Crippen LogP contribution in [0, 0.1) is 0 Å². The molecule has 1 atom stereocenters. The third-order valence-corrected chi connectivity index (χ3v) is 5.55. The van der Waals surface area contributed by atoms with E-state index in [1.807, 2.05) is 47.4 Å². The summed E-state index contributed by atoms with van der Waals surface area (Å²) in [7, 11) is 0. The second kappa shape index (κ2) is 8.70. The van der Waals surface area contributed by atoms with E-state index < -0.39 is 0 Å². The molecule has 1 saturated heterocycles. The molecule has 1 fully saturated rings. The summed E-state index contributed by atoms with van der Waals surface area (Å²) in [5, 5.41) is 0.619. The third-order valence-electron chi connectivity index (χ3n) is 5.23. The van der Waals surface area contributed by atoms with Crippen molar-refractivity contribution in [1.29, 1.82) is 0 Å². The monoisotopic (exact) mass is 409 g/mol. The number of para-hydroxylation sites is 3. The van der Waals surface area contributed by atoms with Crippen molar-refractivity contribution in [3.05, 3.63) is 72.0 Å². The Labute approximate surface area is 175 Å². The molecule has 1 aromatic heterocycles. The summed E-state index contributed by atoms with van der Waals surface area (Å²) in [5.74, 6) is 1.94. The van der Waals surface area contributed by atoms with Crippen molar-refractivity contribution in [3.8, 4) is 5.75 Å². The van der Waals surface area contributed by atoms with Gasteiger partial charge in [0.25, 0.3) is 0 Å². The summed E-state index contributed by atoms with van der Waals surface area (Å²) < 4.78 is 8.08. The van der Waals surface area contributed by atoms with Crippen LogP contribution in [0.1, 0.15) is 24.6 Å². The first-order valence-electron chi connectivity index (χ1n) is 9.88. The molecular formula is C23H24ClN3O2. The van der Waals surface area contributed by atoms with Gasteiger partial charge in [0.05, 0.1) is 22.7 Å². The summed E-state index contributed by atoms with van der Waals surface area (Å²) in [6.07, 6.45) is 3.08. The molecule has 3 aromatic rings. The van der Waals surface area contributed by atoms with Gasteiger partial charge in [-0.2, -0.15) is 0 Å². The Morgan fingerprint density at radius 2 is 2.00 bits per heavy atom. The van der Waals surface area contributed by atoms with E-state index in [9.17, 15) is 4.79 Å². The van der Waals surface area contributed by atoms with Gasteiger partial charge < -0.3 is 14.2 Å². The molecule has 1 aliphatic heterocycles. The number of halogens is 1. The molecule has 1 aliphatic rings. The maximum atomic E-state index is 12.3. The first-order chi connectivity index (χ1) is 14.2. The zero-order chi connectivity index (χ0) is 20.2. The number of aromatic nitrogens is 2. The number of fused-ring (bicyclic) bond motifs is 1. The minimum absolute atomic E-state index is 0.0966. The van der Waals surface area contributed by atoms with Crippen LogP contribution in [-0.2, 0) is 11.3 Å². The zero-order valence-electron chi connectivity index (χ0n) is 16.3. The first kappa shape index (κ1) is 19.5. The Bertz CT molecular complexity index is 1030. The normalized spacial score (nSPS) is 16.5. The molecule has 2 heterocycles. The number of likely N-dealkylation sites (tertiary alicyclic amines) is 1. The lowest BCUT2D eigenvalue weighted by atomic mass is 10.1. The van der Waals surface area contributed by atoms with Gasteiger partial charge >= 0.3 is 0 Å². The number of amides is 1. The fourth-order valence-corrected chi connectivity index (χ4v) is 4.08. The lowest BCUT2D eigenvalue weighted by Crippen LogP contribution is -2.25. The summed E-state index contributed by atoms with van der Waals surface area (Å²) in [6.45, 7) is 6.35. The smallest absolute Gasteiger partial charge is 0.223 e. The highest BCUT2D eigenvalue weighted by atomic mass is 35.5. The van der Waals surface area contributed by atoms with E-state index in [0.29, 0.717) is 36.9 Å². The fourth-order valence-electron chi connectivity index (χ4n) is 3.88. The quantitative estimate of drug-likeness (QED) is 0.401. The van der Waals surface area contributed by atoms with Crippen LogP contribution < -0.4 is 4.74 Å². The Morgan fingerprint density at radius 1 is 1.21 bits per heavy atom. The van der Waals surface area contributed by atoms with Gasteiger partial charge in [0.2, 0.25) is 5.91 Å². The first-order valence-corrected chi connectivity index (χ1v) is 10.3. The Kier molecular flexibility index (Phi) is 5.86. The van der Waals surface area contributed by atoms with Gasteiger partial charge in [0.1, 0.15) is 11.6 Å². The number of rotatable bonds is 8. The Morgan fingerprint density at radius 3 is 2.83 bits per heavy atom. The van der Waals surface area contributed by atoms with Crippen LogP contribution in [0.3, 0.4) is 0 Å². The molecule has 6 heteroatoms. The number of carbonyl (C=O) groups is 1. The average Bonchev–Trinajstić information content (AvgIpc) is 3.27. The molecule has 0 N–H and O–H groups in total. The number of benzene rings is 2. The summed E-state index contributed by atoms with van der Waals surface area (Å²) >= 11 is 6.16. The van der Waals surface area contributed by atoms with Gasteiger partial charge in [0, 0.05) is 32.0 Å². The highest BCUT2D eigenvalue weighted by Crippen LogP contribution is 2.30. The molecule has 1 amide bonds. The van der Waals surface area contributed by atoms with Gasteiger partial charge in [0.15, 0.2) is 0 Å². The van der Waals surface area contributed by atoms with Crippen LogP contribution in [-0.4, -0.2) is 40.1 Å². The molecule has 0 bridgehead atoms.